The highest BCUT2D eigenvalue weighted by Crippen LogP contribution is 2.09. The Morgan fingerprint density at radius 1 is 1.19 bits per heavy atom. The van der Waals surface area contributed by atoms with Crippen molar-refractivity contribution < 1.29 is 19.5 Å². The van der Waals surface area contributed by atoms with Gasteiger partial charge in [-0.2, -0.15) is 0 Å². The molecule has 6 nitrogen and oxygen atoms in total. The van der Waals surface area contributed by atoms with Crippen LogP contribution in [0.1, 0.15) is 16.8 Å². The topological polar surface area (TPSA) is 109 Å². The van der Waals surface area contributed by atoms with Crippen LogP contribution in [0.5, 0.6) is 0 Å². The minimum absolute atomic E-state index is 0.316. The molecule has 2 amide bonds. The van der Waals surface area contributed by atoms with E-state index in [-0.39, 0.29) is 0 Å². The number of carbonyl (C=O) groups is 3. The first-order chi connectivity index (χ1) is 7.49. The third-order valence-corrected chi connectivity index (χ3v) is 1.76. The minimum atomic E-state index is -1.20. The van der Waals surface area contributed by atoms with Crippen LogP contribution in [0.15, 0.2) is 24.3 Å². The van der Waals surface area contributed by atoms with Gasteiger partial charge in [-0.1, -0.05) is 0 Å². The molecule has 6 heteroatoms. The Hall–Kier alpha value is -2.37. The second kappa shape index (κ2) is 4.92. The lowest BCUT2D eigenvalue weighted by Gasteiger charge is -2.03. The summed E-state index contributed by atoms with van der Waals surface area (Å²) in [5.41, 5.74) is 5.76. The fourth-order valence-corrected chi connectivity index (χ4v) is 1.06. The minimum Gasteiger partial charge on any atom is -0.481 e. The molecule has 0 saturated carbocycles. The number of primary amides is 1. The van der Waals surface area contributed by atoms with Crippen molar-refractivity contribution >= 4 is 23.5 Å². The molecule has 0 aromatic heterocycles. The van der Waals surface area contributed by atoms with Gasteiger partial charge in [-0.25, -0.2) is 0 Å². The molecule has 1 aromatic rings. The number of hydrogen-bond donors (Lipinski definition) is 3. The summed E-state index contributed by atoms with van der Waals surface area (Å²) in [5, 5.41) is 10.7. The van der Waals surface area contributed by atoms with E-state index < -0.39 is 24.2 Å². The van der Waals surface area contributed by atoms with Gasteiger partial charge < -0.3 is 16.2 Å². The van der Waals surface area contributed by atoms with Crippen molar-refractivity contribution in [1.82, 2.24) is 0 Å². The Morgan fingerprint density at radius 3 is 2.19 bits per heavy atom. The van der Waals surface area contributed by atoms with Crippen molar-refractivity contribution in [3.05, 3.63) is 29.8 Å². The largest absolute Gasteiger partial charge is 0.481 e. The molecule has 4 N–H and O–H groups in total. The van der Waals surface area contributed by atoms with E-state index in [9.17, 15) is 14.4 Å². The predicted molar refractivity (Wildman–Crippen MR) is 55.8 cm³/mol. The van der Waals surface area contributed by atoms with E-state index in [4.69, 9.17) is 10.8 Å². The van der Waals surface area contributed by atoms with E-state index in [1.54, 1.807) is 0 Å². The first kappa shape index (κ1) is 11.7. The molecule has 0 aliphatic rings. The lowest BCUT2D eigenvalue weighted by molar-refractivity contribution is -0.139. The van der Waals surface area contributed by atoms with Crippen LogP contribution in [-0.2, 0) is 9.59 Å². The zero-order valence-corrected chi connectivity index (χ0v) is 8.27. The Bertz CT molecular complexity index is 425. The summed E-state index contributed by atoms with van der Waals surface area (Å²) in [6.07, 6.45) is -0.600. The van der Waals surface area contributed by atoms with Crippen LogP contribution in [0.3, 0.4) is 0 Å². The second-order valence-corrected chi connectivity index (χ2v) is 3.06. The summed E-state index contributed by atoms with van der Waals surface area (Å²) in [6, 6.07) is 5.83. The number of rotatable bonds is 4. The van der Waals surface area contributed by atoms with Gasteiger partial charge in [-0.15, -0.1) is 0 Å². The average molecular weight is 222 g/mol. The van der Waals surface area contributed by atoms with Crippen molar-refractivity contribution in [2.45, 2.75) is 6.42 Å². The fraction of sp³-hybridized carbons (Fsp3) is 0.100. The molecule has 0 fully saturated rings. The number of anilines is 1. The van der Waals surface area contributed by atoms with Gasteiger partial charge in [-0.3, -0.25) is 14.4 Å². The summed E-state index contributed by atoms with van der Waals surface area (Å²) in [7, 11) is 0. The molecule has 84 valence electrons. The van der Waals surface area contributed by atoms with Crippen LogP contribution in [-0.4, -0.2) is 22.9 Å². The fourth-order valence-electron chi connectivity index (χ4n) is 1.06. The summed E-state index contributed by atoms with van der Waals surface area (Å²) in [5.74, 6) is -2.39. The third-order valence-electron chi connectivity index (χ3n) is 1.76. The first-order valence-corrected chi connectivity index (χ1v) is 4.40. The molecule has 0 aliphatic heterocycles. The first-order valence-electron chi connectivity index (χ1n) is 4.40. The van der Waals surface area contributed by atoms with E-state index in [0.717, 1.165) is 0 Å². The molecular weight excluding hydrogens is 212 g/mol. The highest BCUT2D eigenvalue weighted by molar-refractivity contribution is 6.01. The van der Waals surface area contributed by atoms with Crippen molar-refractivity contribution in [1.29, 1.82) is 0 Å². The van der Waals surface area contributed by atoms with Crippen molar-refractivity contribution in [2.75, 3.05) is 5.32 Å². The van der Waals surface area contributed by atoms with Gasteiger partial charge in [0, 0.05) is 11.3 Å². The molecule has 0 aliphatic carbocycles. The molecule has 0 heterocycles. The highest BCUT2D eigenvalue weighted by Gasteiger charge is 2.07. The van der Waals surface area contributed by atoms with Gasteiger partial charge in [0.15, 0.2) is 0 Å². The van der Waals surface area contributed by atoms with Crippen molar-refractivity contribution in [3.8, 4) is 0 Å². The number of carboxylic acid groups (broad SMARTS) is 1. The maximum atomic E-state index is 11.1. The lowest BCUT2D eigenvalue weighted by atomic mass is 10.2. The Morgan fingerprint density at radius 2 is 1.75 bits per heavy atom. The van der Waals surface area contributed by atoms with Gasteiger partial charge in [-0.05, 0) is 24.3 Å². The number of nitrogens with two attached hydrogens (primary N) is 1. The molecule has 0 radical (unpaired) electrons. The van der Waals surface area contributed by atoms with Gasteiger partial charge in [0.05, 0.1) is 0 Å². The van der Waals surface area contributed by atoms with E-state index in [1.807, 2.05) is 0 Å². The van der Waals surface area contributed by atoms with Crippen LogP contribution in [0, 0.1) is 0 Å². The predicted octanol–water partition coefficient (Wildman–Crippen LogP) is 0.199. The van der Waals surface area contributed by atoms with E-state index >= 15 is 0 Å². The van der Waals surface area contributed by atoms with Crippen LogP contribution < -0.4 is 11.1 Å². The van der Waals surface area contributed by atoms with Gasteiger partial charge in [0.25, 0.3) is 0 Å². The molecule has 0 spiro atoms. The third kappa shape index (κ3) is 3.41. The standard InChI is InChI=1S/C10H10N2O4/c11-10(16)6-1-3-7(4-2-6)12-8(13)5-9(14)15/h1-4H,5H2,(H2,11,16)(H,12,13)(H,14,15). The summed E-state index contributed by atoms with van der Waals surface area (Å²) in [4.78, 5) is 32.0. The van der Waals surface area contributed by atoms with E-state index in [2.05, 4.69) is 5.32 Å². The Balaban J connectivity index is 2.65. The molecular formula is C10H10N2O4. The highest BCUT2D eigenvalue weighted by atomic mass is 16.4. The number of benzene rings is 1. The number of hydrogen-bond acceptors (Lipinski definition) is 3. The summed E-state index contributed by atoms with van der Waals surface area (Å²) in [6.45, 7) is 0. The molecule has 0 unspecified atom stereocenters. The average Bonchev–Trinajstić information content (AvgIpc) is 2.16. The molecule has 16 heavy (non-hydrogen) atoms. The molecule has 1 aromatic carbocycles. The second-order valence-electron chi connectivity index (χ2n) is 3.06. The lowest BCUT2D eigenvalue weighted by Crippen LogP contribution is -2.16. The number of nitrogens with one attached hydrogen (secondary N) is 1. The van der Waals surface area contributed by atoms with Crippen molar-refractivity contribution in [3.63, 3.8) is 0 Å². The molecule has 0 bridgehead atoms. The van der Waals surface area contributed by atoms with Gasteiger partial charge in [0.2, 0.25) is 11.8 Å². The zero-order valence-electron chi connectivity index (χ0n) is 8.27. The van der Waals surface area contributed by atoms with Gasteiger partial charge in [0.1, 0.15) is 6.42 Å². The maximum Gasteiger partial charge on any atom is 0.312 e. The van der Waals surface area contributed by atoms with E-state index in [1.165, 1.54) is 24.3 Å². The molecule has 0 atom stereocenters. The smallest absolute Gasteiger partial charge is 0.312 e. The van der Waals surface area contributed by atoms with Crippen LogP contribution in [0.25, 0.3) is 0 Å². The number of carboxylic acids is 1. The number of carbonyl (C=O) groups excluding carboxylic acids is 2. The monoisotopic (exact) mass is 222 g/mol. The Labute approximate surface area is 91.1 Å². The van der Waals surface area contributed by atoms with Crippen molar-refractivity contribution in [2.24, 2.45) is 5.73 Å². The number of aliphatic carboxylic acids is 1. The van der Waals surface area contributed by atoms with Gasteiger partial charge >= 0.3 is 5.97 Å². The van der Waals surface area contributed by atoms with E-state index in [0.29, 0.717) is 11.3 Å². The SMILES string of the molecule is NC(=O)c1ccc(NC(=O)CC(=O)O)cc1. The van der Waals surface area contributed by atoms with Crippen LogP contribution in [0.4, 0.5) is 5.69 Å². The Kier molecular flexibility index (Phi) is 3.60. The zero-order chi connectivity index (χ0) is 12.1. The number of amides is 2. The molecule has 1 rings (SSSR count). The summed E-state index contributed by atoms with van der Waals surface area (Å²) >= 11 is 0. The maximum absolute atomic E-state index is 11.1. The summed E-state index contributed by atoms with van der Waals surface area (Å²) < 4.78 is 0. The quantitative estimate of drug-likeness (QED) is 0.632. The molecule has 0 saturated heterocycles. The van der Waals surface area contributed by atoms with Crippen LogP contribution in [0.2, 0.25) is 0 Å². The normalized spacial score (nSPS) is 9.50. The van der Waals surface area contributed by atoms with Crippen LogP contribution >= 0.6 is 0 Å².